The maximum absolute atomic E-state index is 12.8. The molecule has 0 spiro atoms. The van der Waals surface area contributed by atoms with E-state index in [1.54, 1.807) is 14.1 Å². The molecule has 0 saturated heterocycles. The monoisotopic (exact) mass is 271 g/mol. The van der Waals surface area contributed by atoms with Gasteiger partial charge in [-0.1, -0.05) is 11.6 Å². The van der Waals surface area contributed by atoms with Crippen LogP contribution in [0.3, 0.4) is 0 Å². The van der Waals surface area contributed by atoms with Crippen molar-refractivity contribution in [3.8, 4) is 0 Å². The van der Waals surface area contributed by atoms with E-state index in [2.05, 4.69) is 0 Å². The van der Waals surface area contributed by atoms with E-state index in [4.69, 9.17) is 16.7 Å². The minimum atomic E-state index is -1.37. The average molecular weight is 272 g/mol. The van der Waals surface area contributed by atoms with Crippen molar-refractivity contribution in [2.45, 2.75) is 0 Å². The number of Topliss-reactive ketones (excluding diaryl/α,β-unsaturated/α-hetero) is 1. The topological polar surface area (TPSA) is 57.6 Å². The Labute approximate surface area is 108 Å². The van der Waals surface area contributed by atoms with Crippen LogP contribution < -0.4 is 0 Å². The Morgan fingerprint density at radius 2 is 2.00 bits per heavy atom. The fraction of sp³-hybridized carbons (Fsp3) is 0.167. The van der Waals surface area contributed by atoms with Crippen LogP contribution in [0, 0.1) is 5.82 Å². The van der Waals surface area contributed by atoms with Crippen molar-refractivity contribution in [3.63, 3.8) is 0 Å². The normalized spacial score (nSPS) is 11.2. The third-order valence-electron chi connectivity index (χ3n) is 2.04. The standard InChI is InChI=1S/C12H11ClFNO3/c1-15(2)6-9(12(17)18)11(16)8-4-3-7(14)5-10(8)13/h3-6H,1-2H3,(H,17,18). The molecule has 0 aliphatic rings. The summed E-state index contributed by atoms with van der Waals surface area (Å²) in [5.74, 6) is -2.72. The summed E-state index contributed by atoms with van der Waals surface area (Å²) in [5, 5.41) is 8.85. The van der Waals surface area contributed by atoms with E-state index >= 15 is 0 Å². The minimum Gasteiger partial charge on any atom is -0.477 e. The van der Waals surface area contributed by atoms with Crippen LogP contribution >= 0.6 is 11.6 Å². The van der Waals surface area contributed by atoms with Crippen LogP contribution in [0.4, 0.5) is 4.39 Å². The van der Waals surface area contributed by atoms with E-state index in [0.29, 0.717) is 0 Å². The molecule has 0 fully saturated rings. The maximum atomic E-state index is 12.8. The number of hydrogen-bond donors (Lipinski definition) is 1. The first-order valence-electron chi connectivity index (χ1n) is 4.94. The van der Waals surface area contributed by atoms with Crippen molar-refractivity contribution in [1.82, 2.24) is 4.90 Å². The Bertz CT molecular complexity index is 526. The number of carbonyl (C=O) groups excluding carboxylic acids is 1. The Morgan fingerprint density at radius 1 is 1.39 bits per heavy atom. The number of ketones is 1. The molecule has 0 atom stereocenters. The molecule has 0 saturated carbocycles. The lowest BCUT2D eigenvalue weighted by Crippen LogP contribution is -2.17. The fourth-order valence-electron chi connectivity index (χ4n) is 1.29. The van der Waals surface area contributed by atoms with Crippen LogP contribution in [0.2, 0.25) is 5.02 Å². The molecule has 1 aromatic carbocycles. The number of nitrogens with zero attached hydrogens (tertiary/aromatic N) is 1. The highest BCUT2D eigenvalue weighted by atomic mass is 35.5. The number of carboxylic acid groups (broad SMARTS) is 1. The molecule has 0 radical (unpaired) electrons. The molecular formula is C12H11ClFNO3. The van der Waals surface area contributed by atoms with Gasteiger partial charge in [0.2, 0.25) is 5.78 Å². The highest BCUT2D eigenvalue weighted by Crippen LogP contribution is 2.20. The van der Waals surface area contributed by atoms with E-state index in [9.17, 15) is 14.0 Å². The first-order valence-corrected chi connectivity index (χ1v) is 5.32. The Morgan fingerprint density at radius 3 is 2.44 bits per heavy atom. The van der Waals surface area contributed by atoms with Crippen LogP contribution in [0.1, 0.15) is 10.4 Å². The lowest BCUT2D eigenvalue weighted by atomic mass is 10.0. The zero-order valence-corrected chi connectivity index (χ0v) is 10.5. The molecule has 1 aromatic rings. The zero-order valence-electron chi connectivity index (χ0n) is 9.78. The molecule has 0 amide bonds. The molecule has 1 rings (SSSR count). The molecule has 18 heavy (non-hydrogen) atoms. The molecule has 0 bridgehead atoms. The largest absolute Gasteiger partial charge is 0.477 e. The van der Waals surface area contributed by atoms with Gasteiger partial charge in [-0.25, -0.2) is 9.18 Å². The number of carboxylic acids is 1. The van der Waals surface area contributed by atoms with E-state index < -0.39 is 23.1 Å². The van der Waals surface area contributed by atoms with Gasteiger partial charge >= 0.3 is 5.97 Å². The third kappa shape index (κ3) is 3.30. The molecule has 0 unspecified atom stereocenters. The van der Waals surface area contributed by atoms with Crippen molar-refractivity contribution >= 4 is 23.4 Å². The second kappa shape index (κ2) is 5.64. The lowest BCUT2D eigenvalue weighted by Gasteiger charge is -2.09. The van der Waals surface area contributed by atoms with Gasteiger partial charge in [-0.15, -0.1) is 0 Å². The number of carbonyl (C=O) groups is 2. The summed E-state index contributed by atoms with van der Waals surface area (Å²) in [6.45, 7) is 0. The van der Waals surface area contributed by atoms with Crippen molar-refractivity contribution in [3.05, 3.63) is 46.4 Å². The van der Waals surface area contributed by atoms with Crippen LogP contribution in [0.15, 0.2) is 30.0 Å². The molecular weight excluding hydrogens is 261 g/mol. The first kappa shape index (κ1) is 14.2. The van der Waals surface area contributed by atoms with Gasteiger partial charge in [-0.2, -0.15) is 0 Å². The second-order valence-electron chi connectivity index (χ2n) is 3.76. The number of halogens is 2. The van der Waals surface area contributed by atoms with Gasteiger partial charge in [0.05, 0.1) is 5.02 Å². The predicted molar refractivity (Wildman–Crippen MR) is 65.1 cm³/mol. The molecule has 4 nitrogen and oxygen atoms in total. The molecule has 6 heteroatoms. The maximum Gasteiger partial charge on any atom is 0.341 e. The van der Waals surface area contributed by atoms with E-state index in [0.717, 1.165) is 18.2 Å². The van der Waals surface area contributed by atoms with Gasteiger partial charge in [0.25, 0.3) is 0 Å². The van der Waals surface area contributed by atoms with Crippen LogP contribution in [0.25, 0.3) is 0 Å². The number of hydrogen-bond acceptors (Lipinski definition) is 3. The zero-order chi connectivity index (χ0) is 13.9. The highest BCUT2D eigenvalue weighted by molar-refractivity contribution is 6.36. The number of aliphatic carboxylic acids is 1. The molecule has 1 N–H and O–H groups in total. The van der Waals surface area contributed by atoms with Gasteiger partial charge in [0.15, 0.2) is 0 Å². The lowest BCUT2D eigenvalue weighted by molar-refractivity contribution is -0.132. The van der Waals surface area contributed by atoms with Crippen molar-refractivity contribution < 1.29 is 19.1 Å². The summed E-state index contributed by atoms with van der Waals surface area (Å²) in [4.78, 5) is 24.4. The predicted octanol–water partition coefficient (Wildman–Crippen LogP) is 2.19. The molecule has 0 aliphatic heterocycles. The van der Waals surface area contributed by atoms with E-state index in [1.165, 1.54) is 11.1 Å². The van der Waals surface area contributed by atoms with Crippen LogP contribution in [0.5, 0.6) is 0 Å². The van der Waals surface area contributed by atoms with E-state index in [-0.39, 0.29) is 10.6 Å². The van der Waals surface area contributed by atoms with Gasteiger partial charge in [0, 0.05) is 25.9 Å². The molecule has 96 valence electrons. The second-order valence-corrected chi connectivity index (χ2v) is 4.17. The van der Waals surface area contributed by atoms with Crippen molar-refractivity contribution in [2.75, 3.05) is 14.1 Å². The first-order chi connectivity index (χ1) is 8.32. The van der Waals surface area contributed by atoms with Crippen molar-refractivity contribution in [2.24, 2.45) is 0 Å². The SMILES string of the molecule is CN(C)C=C(C(=O)O)C(=O)c1ccc(F)cc1Cl. The Hall–Kier alpha value is -1.88. The van der Waals surface area contributed by atoms with Crippen molar-refractivity contribution in [1.29, 1.82) is 0 Å². The van der Waals surface area contributed by atoms with Gasteiger partial charge < -0.3 is 10.0 Å². The summed E-state index contributed by atoms with van der Waals surface area (Å²) in [7, 11) is 3.17. The smallest absolute Gasteiger partial charge is 0.341 e. The molecule has 0 aromatic heterocycles. The average Bonchev–Trinajstić information content (AvgIpc) is 2.24. The summed E-state index contributed by atoms with van der Waals surface area (Å²) in [5.41, 5.74) is -0.484. The van der Waals surface area contributed by atoms with E-state index in [1.807, 2.05) is 0 Å². The van der Waals surface area contributed by atoms with Gasteiger partial charge in [0.1, 0.15) is 11.4 Å². The molecule has 0 aliphatic carbocycles. The van der Waals surface area contributed by atoms with Crippen LogP contribution in [-0.4, -0.2) is 35.9 Å². The van der Waals surface area contributed by atoms with Gasteiger partial charge in [-0.05, 0) is 18.2 Å². The fourth-order valence-corrected chi connectivity index (χ4v) is 1.54. The summed E-state index contributed by atoms with van der Waals surface area (Å²) in [6, 6.07) is 3.17. The minimum absolute atomic E-state index is 0.0476. The third-order valence-corrected chi connectivity index (χ3v) is 2.35. The van der Waals surface area contributed by atoms with Crippen LogP contribution in [-0.2, 0) is 4.79 Å². The summed E-state index contributed by atoms with van der Waals surface area (Å²) >= 11 is 5.72. The number of benzene rings is 1. The Kier molecular flexibility index (Phi) is 4.44. The molecule has 0 heterocycles. The Balaban J connectivity index is 3.23. The highest BCUT2D eigenvalue weighted by Gasteiger charge is 2.21. The summed E-state index contributed by atoms with van der Waals surface area (Å²) < 4.78 is 12.8. The number of rotatable bonds is 4. The quantitative estimate of drug-likeness (QED) is 0.395. The van der Waals surface area contributed by atoms with Gasteiger partial charge in [-0.3, -0.25) is 4.79 Å². The summed E-state index contributed by atoms with van der Waals surface area (Å²) in [6.07, 6.45) is 1.17.